The Balaban J connectivity index is 2.38. The maximum Gasteiger partial charge on any atom is 0.223 e. The van der Waals surface area contributed by atoms with E-state index in [1.165, 1.54) is 11.5 Å². The largest absolute Gasteiger partial charge is 0.383 e. The van der Waals surface area contributed by atoms with Gasteiger partial charge in [-0.3, -0.25) is 4.79 Å². The van der Waals surface area contributed by atoms with E-state index in [1.54, 1.807) is 19.0 Å². The van der Waals surface area contributed by atoms with Crippen LogP contribution >= 0.6 is 11.5 Å². The summed E-state index contributed by atoms with van der Waals surface area (Å²) in [5.41, 5.74) is 6.56. The summed E-state index contributed by atoms with van der Waals surface area (Å²) in [4.78, 5) is 12.9. The minimum Gasteiger partial charge on any atom is -0.383 e. The monoisotopic (exact) mass is 228 g/mol. The Morgan fingerprint density at radius 3 is 2.73 bits per heavy atom. The molecule has 1 rings (SSSR count). The Labute approximate surface area is 93.4 Å². The average Bonchev–Trinajstić information content (AvgIpc) is 2.49. The molecule has 15 heavy (non-hydrogen) atoms. The van der Waals surface area contributed by atoms with Crippen LogP contribution < -0.4 is 11.1 Å². The Bertz CT molecular complexity index is 348. The van der Waals surface area contributed by atoms with Crippen LogP contribution in [0, 0.1) is 6.92 Å². The van der Waals surface area contributed by atoms with E-state index in [2.05, 4.69) is 9.69 Å². The lowest BCUT2D eigenvalue weighted by Gasteiger charge is -2.10. The SMILES string of the molecule is Cc1c(N)nsc1NCCC(=O)N(C)C. The maximum atomic E-state index is 11.3. The van der Waals surface area contributed by atoms with Gasteiger partial charge in [0.2, 0.25) is 5.91 Å². The number of anilines is 2. The molecular weight excluding hydrogens is 212 g/mol. The predicted molar refractivity (Wildman–Crippen MR) is 63.1 cm³/mol. The van der Waals surface area contributed by atoms with Crippen molar-refractivity contribution in [3.8, 4) is 0 Å². The lowest BCUT2D eigenvalue weighted by atomic mass is 10.3. The van der Waals surface area contributed by atoms with E-state index in [1.807, 2.05) is 6.92 Å². The van der Waals surface area contributed by atoms with Crippen molar-refractivity contribution >= 4 is 28.3 Å². The molecule has 0 radical (unpaired) electrons. The number of nitrogens with two attached hydrogens (primary N) is 1. The van der Waals surface area contributed by atoms with E-state index in [0.29, 0.717) is 18.8 Å². The molecule has 0 spiro atoms. The molecule has 1 aromatic rings. The van der Waals surface area contributed by atoms with Crippen LogP contribution in [0.4, 0.5) is 10.8 Å². The third kappa shape index (κ3) is 3.09. The van der Waals surface area contributed by atoms with Gasteiger partial charge < -0.3 is 16.0 Å². The molecule has 0 fully saturated rings. The number of nitrogens with zero attached hydrogens (tertiary/aromatic N) is 2. The minimum absolute atomic E-state index is 0.109. The second-order valence-corrected chi connectivity index (χ2v) is 4.26. The van der Waals surface area contributed by atoms with Gasteiger partial charge in [-0.15, -0.1) is 0 Å². The second-order valence-electron chi connectivity index (χ2n) is 3.49. The normalized spacial score (nSPS) is 10.1. The van der Waals surface area contributed by atoms with Crippen molar-refractivity contribution < 1.29 is 4.79 Å². The van der Waals surface area contributed by atoms with Gasteiger partial charge in [0.05, 0.1) is 0 Å². The highest BCUT2D eigenvalue weighted by Crippen LogP contribution is 2.24. The highest BCUT2D eigenvalue weighted by Gasteiger charge is 2.07. The second kappa shape index (κ2) is 4.97. The van der Waals surface area contributed by atoms with Crippen molar-refractivity contribution in [3.05, 3.63) is 5.56 Å². The fourth-order valence-electron chi connectivity index (χ4n) is 1.02. The van der Waals surface area contributed by atoms with Crippen LogP contribution in [0.15, 0.2) is 0 Å². The topological polar surface area (TPSA) is 71.2 Å². The minimum atomic E-state index is 0.109. The van der Waals surface area contributed by atoms with Crippen LogP contribution in [0.25, 0.3) is 0 Å². The number of hydrogen-bond donors (Lipinski definition) is 2. The van der Waals surface area contributed by atoms with E-state index in [-0.39, 0.29) is 5.91 Å². The first-order valence-corrected chi connectivity index (χ1v) is 5.45. The molecule has 0 atom stereocenters. The standard InChI is InChI=1S/C9H16N4OS/c1-6-8(10)12-15-9(6)11-5-4-7(14)13(2)3/h11H,4-5H2,1-3H3,(H2,10,12). The van der Waals surface area contributed by atoms with Crippen LogP contribution in [0.2, 0.25) is 0 Å². The van der Waals surface area contributed by atoms with Gasteiger partial charge in [0.15, 0.2) is 0 Å². The molecule has 1 aromatic heterocycles. The number of carbonyl (C=O) groups is 1. The van der Waals surface area contributed by atoms with E-state index >= 15 is 0 Å². The molecule has 0 unspecified atom stereocenters. The van der Waals surface area contributed by atoms with Crippen LogP contribution in [0.1, 0.15) is 12.0 Å². The molecule has 0 aliphatic carbocycles. The van der Waals surface area contributed by atoms with Gasteiger partial charge in [-0.25, -0.2) is 0 Å². The van der Waals surface area contributed by atoms with Gasteiger partial charge in [-0.05, 0) is 18.5 Å². The molecule has 0 aliphatic rings. The van der Waals surface area contributed by atoms with Crippen LogP contribution in [0.5, 0.6) is 0 Å². The fraction of sp³-hybridized carbons (Fsp3) is 0.556. The summed E-state index contributed by atoms with van der Waals surface area (Å²) >= 11 is 1.33. The molecule has 84 valence electrons. The van der Waals surface area contributed by atoms with Crippen molar-refractivity contribution in [1.29, 1.82) is 0 Å². The van der Waals surface area contributed by atoms with Gasteiger partial charge in [-0.2, -0.15) is 4.37 Å². The number of nitrogen functional groups attached to an aromatic ring is 1. The predicted octanol–water partition coefficient (Wildman–Crippen LogP) is 0.924. The number of hydrogen-bond acceptors (Lipinski definition) is 5. The first-order valence-electron chi connectivity index (χ1n) is 4.68. The summed E-state index contributed by atoms with van der Waals surface area (Å²) in [5.74, 6) is 0.666. The molecule has 0 aromatic carbocycles. The van der Waals surface area contributed by atoms with Crippen LogP contribution in [-0.2, 0) is 4.79 Å². The molecule has 0 saturated heterocycles. The quantitative estimate of drug-likeness (QED) is 0.804. The molecule has 0 bridgehead atoms. The van der Waals surface area contributed by atoms with E-state index in [9.17, 15) is 4.79 Å². The summed E-state index contributed by atoms with van der Waals surface area (Å²) in [7, 11) is 3.50. The number of carbonyl (C=O) groups excluding carboxylic acids is 1. The van der Waals surface area contributed by atoms with Gasteiger partial charge >= 0.3 is 0 Å². The van der Waals surface area contributed by atoms with Gasteiger partial charge in [-0.1, -0.05) is 0 Å². The highest BCUT2D eigenvalue weighted by molar-refractivity contribution is 7.10. The van der Waals surface area contributed by atoms with Crippen molar-refractivity contribution in [1.82, 2.24) is 9.27 Å². The van der Waals surface area contributed by atoms with Crippen LogP contribution in [0.3, 0.4) is 0 Å². The lowest BCUT2D eigenvalue weighted by Crippen LogP contribution is -2.23. The van der Waals surface area contributed by atoms with Gasteiger partial charge in [0.25, 0.3) is 0 Å². The Hall–Kier alpha value is -1.30. The zero-order chi connectivity index (χ0) is 11.4. The molecule has 5 nitrogen and oxygen atoms in total. The summed E-state index contributed by atoms with van der Waals surface area (Å²) in [6, 6.07) is 0. The van der Waals surface area contributed by atoms with E-state index < -0.39 is 0 Å². The Morgan fingerprint density at radius 1 is 1.60 bits per heavy atom. The average molecular weight is 228 g/mol. The molecule has 0 saturated carbocycles. The lowest BCUT2D eigenvalue weighted by molar-refractivity contribution is -0.128. The molecule has 1 heterocycles. The highest BCUT2D eigenvalue weighted by atomic mass is 32.1. The van der Waals surface area contributed by atoms with Crippen molar-refractivity contribution in [2.45, 2.75) is 13.3 Å². The number of rotatable bonds is 4. The van der Waals surface area contributed by atoms with Gasteiger partial charge in [0.1, 0.15) is 10.8 Å². The van der Waals surface area contributed by atoms with Crippen molar-refractivity contribution in [2.75, 3.05) is 31.7 Å². The van der Waals surface area contributed by atoms with E-state index in [0.717, 1.165) is 10.6 Å². The molecule has 0 aliphatic heterocycles. The smallest absolute Gasteiger partial charge is 0.223 e. The summed E-state index contributed by atoms with van der Waals surface area (Å²) in [6.07, 6.45) is 0.476. The summed E-state index contributed by atoms with van der Waals surface area (Å²) < 4.78 is 4.01. The number of aromatic nitrogens is 1. The number of amides is 1. The zero-order valence-corrected chi connectivity index (χ0v) is 10.0. The molecule has 3 N–H and O–H groups in total. The first-order chi connectivity index (χ1) is 7.02. The first kappa shape index (κ1) is 11.8. The van der Waals surface area contributed by atoms with Crippen molar-refractivity contribution in [3.63, 3.8) is 0 Å². The third-order valence-corrected chi connectivity index (χ3v) is 3.00. The Morgan fingerprint density at radius 2 is 2.27 bits per heavy atom. The van der Waals surface area contributed by atoms with Crippen molar-refractivity contribution in [2.24, 2.45) is 0 Å². The Kier molecular flexibility index (Phi) is 3.90. The maximum absolute atomic E-state index is 11.3. The molecular formula is C9H16N4OS. The zero-order valence-electron chi connectivity index (χ0n) is 9.20. The summed E-state index contributed by atoms with van der Waals surface area (Å²) in [5, 5.41) is 4.09. The summed E-state index contributed by atoms with van der Waals surface area (Å²) in [6.45, 7) is 2.52. The van der Waals surface area contributed by atoms with E-state index in [4.69, 9.17) is 5.73 Å². The molecule has 6 heteroatoms. The third-order valence-electron chi connectivity index (χ3n) is 2.08. The fourth-order valence-corrected chi connectivity index (χ4v) is 1.75. The number of nitrogens with one attached hydrogen (secondary N) is 1. The molecule has 1 amide bonds. The van der Waals surface area contributed by atoms with Crippen LogP contribution in [-0.4, -0.2) is 35.8 Å². The van der Waals surface area contributed by atoms with Gasteiger partial charge in [0, 0.05) is 32.6 Å².